The summed E-state index contributed by atoms with van der Waals surface area (Å²) in [7, 11) is 0. The van der Waals surface area contributed by atoms with Crippen LogP contribution in [0.3, 0.4) is 0 Å². The van der Waals surface area contributed by atoms with E-state index in [4.69, 9.17) is 34.8 Å². The first kappa shape index (κ1) is 12.2. The Morgan fingerprint density at radius 2 is 2.06 bits per heavy atom. The molecule has 0 spiro atoms. The standard InChI is InChI=1S/C9H4BrCl3N2O/c10-5-1-2-7-14-3-6(15(7)4-5)8(16)9(11,12)13/h1-4H. The van der Waals surface area contributed by atoms with Crippen LogP contribution in [0.1, 0.15) is 10.5 Å². The van der Waals surface area contributed by atoms with Crippen molar-refractivity contribution in [2.45, 2.75) is 3.79 Å². The lowest BCUT2D eigenvalue weighted by atomic mass is 10.3. The van der Waals surface area contributed by atoms with Gasteiger partial charge in [-0.1, -0.05) is 34.8 Å². The smallest absolute Gasteiger partial charge is 0.255 e. The number of imidazole rings is 1. The van der Waals surface area contributed by atoms with E-state index in [0.29, 0.717) is 5.65 Å². The molecule has 7 heteroatoms. The van der Waals surface area contributed by atoms with Gasteiger partial charge >= 0.3 is 0 Å². The van der Waals surface area contributed by atoms with Gasteiger partial charge in [0.25, 0.3) is 3.79 Å². The number of carbonyl (C=O) groups excluding carboxylic acids is 1. The van der Waals surface area contributed by atoms with E-state index in [0.717, 1.165) is 4.47 Å². The largest absolute Gasteiger partial charge is 0.296 e. The second-order valence-corrected chi connectivity index (χ2v) is 6.24. The van der Waals surface area contributed by atoms with Crippen LogP contribution in [0.4, 0.5) is 0 Å². The van der Waals surface area contributed by atoms with E-state index in [1.54, 1.807) is 16.7 Å². The number of halogens is 4. The Balaban J connectivity index is 2.62. The Kier molecular flexibility index (Phi) is 3.18. The minimum atomic E-state index is -1.97. The first-order valence-electron chi connectivity index (χ1n) is 4.14. The predicted octanol–water partition coefficient (Wildman–Crippen LogP) is 3.65. The van der Waals surface area contributed by atoms with Crippen LogP contribution < -0.4 is 0 Å². The van der Waals surface area contributed by atoms with Gasteiger partial charge < -0.3 is 0 Å². The SMILES string of the molecule is O=C(c1cnc2ccc(Br)cn12)C(Cl)(Cl)Cl. The summed E-state index contributed by atoms with van der Waals surface area (Å²) in [6, 6.07) is 3.56. The van der Waals surface area contributed by atoms with Gasteiger partial charge in [-0.3, -0.25) is 9.20 Å². The maximum absolute atomic E-state index is 11.8. The summed E-state index contributed by atoms with van der Waals surface area (Å²) in [5.41, 5.74) is 0.845. The molecule has 0 fully saturated rings. The maximum atomic E-state index is 11.8. The van der Waals surface area contributed by atoms with Crippen LogP contribution in [0.2, 0.25) is 0 Å². The molecule has 2 aromatic heterocycles. The fourth-order valence-electron chi connectivity index (χ4n) is 1.27. The molecule has 0 unspecified atom stereocenters. The van der Waals surface area contributed by atoms with Gasteiger partial charge in [0.15, 0.2) is 0 Å². The molecule has 0 radical (unpaired) electrons. The fourth-order valence-corrected chi connectivity index (χ4v) is 1.90. The molecule has 0 aliphatic heterocycles. The van der Waals surface area contributed by atoms with E-state index < -0.39 is 9.58 Å². The Bertz CT molecular complexity index is 561. The van der Waals surface area contributed by atoms with Crippen molar-refractivity contribution in [1.82, 2.24) is 9.38 Å². The van der Waals surface area contributed by atoms with E-state index in [-0.39, 0.29) is 5.69 Å². The van der Waals surface area contributed by atoms with Crippen LogP contribution in [0.15, 0.2) is 29.0 Å². The molecule has 0 atom stereocenters. The molecule has 16 heavy (non-hydrogen) atoms. The molecule has 0 saturated heterocycles. The zero-order valence-electron chi connectivity index (χ0n) is 7.62. The maximum Gasteiger partial charge on any atom is 0.255 e. The Morgan fingerprint density at radius 3 is 2.69 bits per heavy atom. The molecular formula is C9H4BrCl3N2O. The van der Waals surface area contributed by atoms with E-state index in [1.807, 2.05) is 6.07 Å². The summed E-state index contributed by atoms with van der Waals surface area (Å²) in [5.74, 6) is -0.608. The Hall–Kier alpha value is -0.290. The minimum Gasteiger partial charge on any atom is -0.296 e. The van der Waals surface area contributed by atoms with Gasteiger partial charge in [-0.25, -0.2) is 4.98 Å². The number of carbonyl (C=O) groups is 1. The Morgan fingerprint density at radius 1 is 1.38 bits per heavy atom. The van der Waals surface area contributed by atoms with Crippen molar-refractivity contribution in [2.24, 2.45) is 0 Å². The summed E-state index contributed by atoms with van der Waals surface area (Å²) < 4.78 is 0.392. The molecule has 0 saturated carbocycles. The molecule has 0 bridgehead atoms. The van der Waals surface area contributed by atoms with E-state index in [9.17, 15) is 4.79 Å². The number of hydrogen-bond donors (Lipinski definition) is 0. The highest BCUT2D eigenvalue weighted by Crippen LogP contribution is 2.30. The van der Waals surface area contributed by atoms with Crippen molar-refractivity contribution in [1.29, 1.82) is 0 Å². The highest BCUT2D eigenvalue weighted by atomic mass is 79.9. The normalized spacial score (nSPS) is 12.0. The zero-order valence-corrected chi connectivity index (χ0v) is 11.5. The summed E-state index contributed by atoms with van der Waals surface area (Å²) in [6.45, 7) is 0. The van der Waals surface area contributed by atoms with Gasteiger partial charge in [0.1, 0.15) is 11.3 Å². The molecule has 2 heterocycles. The first-order chi connectivity index (χ1) is 7.39. The molecule has 3 nitrogen and oxygen atoms in total. The molecule has 0 aromatic carbocycles. The summed E-state index contributed by atoms with van der Waals surface area (Å²) in [4.78, 5) is 15.8. The van der Waals surface area contributed by atoms with E-state index in [1.165, 1.54) is 6.20 Å². The van der Waals surface area contributed by atoms with Gasteiger partial charge in [0, 0.05) is 10.7 Å². The number of rotatable bonds is 1. The van der Waals surface area contributed by atoms with Crippen LogP contribution in [0.25, 0.3) is 5.65 Å². The second kappa shape index (κ2) is 4.18. The molecule has 2 aromatic rings. The van der Waals surface area contributed by atoms with Crippen LogP contribution in [-0.2, 0) is 0 Å². The third-order valence-electron chi connectivity index (χ3n) is 1.96. The summed E-state index contributed by atoms with van der Waals surface area (Å²) >= 11 is 19.9. The average molecular weight is 342 g/mol. The predicted molar refractivity (Wildman–Crippen MR) is 67.5 cm³/mol. The van der Waals surface area contributed by atoms with Gasteiger partial charge in [0.2, 0.25) is 5.78 Å². The number of hydrogen-bond acceptors (Lipinski definition) is 2. The lowest BCUT2D eigenvalue weighted by Gasteiger charge is -2.08. The highest BCUT2D eigenvalue weighted by molar-refractivity contribution is 9.10. The zero-order chi connectivity index (χ0) is 11.9. The quantitative estimate of drug-likeness (QED) is 0.586. The van der Waals surface area contributed by atoms with Crippen LogP contribution in [0, 0.1) is 0 Å². The van der Waals surface area contributed by atoms with Crippen molar-refractivity contribution in [3.8, 4) is 0 Å². The van der Waals surface area contributed by atoms with Gasteiger partial charge in [-0.15, -0.1) is 0 Å². The highest BCUT2D eigenvalue weighted by Gasteiger charge is 2.33. The average Bonchev–Trinajstić information content (AvgIpc) is 2.57. The second-order valence-electron chi connectivity index (χ2n) is 3.05. The summed E-state index contributed by atoms with van der Waals surface area (Å²) in [5, 5.41) is 0. The third kappa shape index (κ3) is 2.20. The van der Waals surface area contributed by atoms with Gasteiger partial charge in [-0.05, 0) is 28.1 Å². The van der Waals surface area contributed by atoms with Gasteiger partial charge in [0.05, 0.1) is 6.20 Å². The number of ketones is 1. The first-order valence-corrected chi connectivity index (χ1v) is 6.06. The summed E-state index contributed by atoms with van der Waals surface area (Å²) in [6.07, 6.45) is 3.07. The fraction of sp³-hybridized carbons (Fsp3) is 0.111. The van der Waals surface area contributed by atoms with Crippen LogP contribution >= 0.6 is 50.7 Å². The van der Waals surface area contributed by atoms with Crippen LogP contribution in [-0.4, -0.2) is 19.0 Å². The molecule has 0 N–H and O–H groups in total. The molecule has 0 aliphatic rings. The van der Waals surface area contributed by atoms with Crippen molar-refractivity contribution in [3.05, 3.63) is 34.7 Å². The number of Topliss-reactive ketones (excluding diaryl/α,β-unsaturated/α-hetero) is 1. The topological polar surface area (TPSA) is 34.4 Å². The number of fused-ring (bicyclic) bond motifs is 1. The minimum absolute atomic E-state index is 0.233. The molecular weight excluding hydrogens is 338 g/mol. The van der Waals surface area contributed by atoms with Crippen LogP contribution in [0.5, 0.6) is 0 Å². The molecule has 2 rings (SSSR count). The van der Waals surface area contributed by atoms with E-state index in [2.05, 4.69) is 20.9 Å². The number of alkyl halides is 3. The lowest BCUT2D eigenvalue weighted by molar-refractivity contribution is 0.0991. The van der Waals surface area contributed by atoms with E-state index >= 15 is 0 Å². The number of pyridine rings is 1. The monoisotopic (exact) mass is 340 g/mol. The molecule has 84 valence electrons. The third-order valence-corrected chi connectivity index (χ3v) is 2.94. The Labute approximate surface area is 114 Å². The number of aromatic nitrogens is 2. The molecule has 0 aliphatic carbocycles. The number of nitrogens with zero attached hydrogens (tertiary/aromatic N) is 2. The lowest BCUT2D eigenvalue weighted by Crippen LogP contribution is -2.20. The van der Waals surface area contributed by atoms with Crippen molar-refractivity contribution < 1.29 is 4.79 Å². The molecule has 0 amide bonds. The van der Waals surface area contributed by atoms with Crippen molar-refractivity contribution >= 4 is 62.2 Å². The van der Waals surface area contributed by atoms with Crippen molar-refractivity contribution in [3.63, 3.8) is 0 Å². The van der Waals surface area contributed by atoms with Crippen molar-refractivity contribution in [2.75, 3.05) is 0 Å². The van der Waals surface area contributed by atoms with Gasteiger partial charge in [-0.2, -0.15) is 0 Å².